The third-order valence-corrected chi connectivity index (χ3v) is 4.32. The molecule has 1 saturated heterocycles. The summed E-state index contributed by atoms with van der Waals surface area (Å²) in [6.45, 7) is 0.339. The van der Waals surface area contributed by atoms with Gasteiger partial charge in [-0.1, -0.05) is 6.07 Å². The van der Waals surface area contributed by atoms with Gasteiger partial charge in [-0.15, -0.1) is 0 Å². The molecule has 2 aromatic carbocycles. The summed E-state index contributed by atoms with van der Waals surface area (Å²) < 4.78 is 37.0. The van der Waals surface area contributed by atoms with Crippen LogP contribution in [0.2, 0.25) is 0 Å². The molecule has 1 heterocycles. The fourth-order valence-corrected chi connectivity index (χ4v) is 3.01. The molecule has 27 heavy (non-hydrogen) atoms. The van der Waals surface area contributed by atoms with E-state index in [0.717, 1.165) is 12.1 Å². The number of rotatable bonds is 5. The first-order valence-corrected chi connectivity index (χ1v) is 8.10. The van der Waals surface area contributed by atoms with Crippen molar-refractivity contribution in [1.82, 2.24) is 0 Å². The fourth-order valence-electron chi connectivity index (χ4n) is 3.01. The van der Waals surface area contributed by atoms with Gasteiger partial charge in [-0.2, -0.15) is 0 Å². The molecule has 9 heteroatoms. The summed E-state index contributed by atoms with van der Waals surface area (Å²) in [7, 11) is 1.21. The number of nitro benzene ring substituents is 1. The van der Waals surface area contributed by atoms with E-state index in [1.807, 2.05) is 0 Å². The third kappa shape index (κ3) is 3.87. The number of methoxy groups -OCH3 is 1. The monoisotopic (exact) mass is 378 g/mol. The zero-order valence-electron chi connectivity index (χ0n) is 14.3. The first-order chi connectivity index (χ1) is 12.9. The van der Waals surface area contributed by atoms with E-state index in [1.54, 1.807) is 0 Å². The molecule has 7 nitrogen and oxygen atoms in total. The molecular formula is C18H16F2N2O5. The number of nitro groups is 1. The van der Waals surface area contributed by atoms with Crippen molar-refractivity contribution in [3.8, 4) is 0 Å². The normalized spacial score (nSPS) is 18.9. The van der Waals surface area contributed by atoms with Gasteiger partial charge in [-0.05, 0) is 36.2 Å². The lowest BCUT2D eigenvalue weighted by molar-refractivity contribution is -0.384. The molecule has 0 radical (unpaired) electrons. The first-order valence-electron chi connectivity index (χ1n) is 8.10. The molecule has 0 saturated carbocycles. The number of carbonyl (C=O) groups excluding carboxylic acids is 1. The standard InChI is InChI=1S/C18H16F2N2O5/c1-26-18(23)11-3-5-16(22(24)25)15(9-11)21-14-6-7-27-17(14)10-2-4-12(19)13(20)8-10/h2-5,8-9,14,17,21H,6-7H2,1H3. The number of anilines is 1. The zero-order chi connectivity index (χ0) is 19.6. The van der Waals surface area contributed by atoms with Gasteiger partial charge >= 0.3 is 5.97 Å². The average molecular weight is 378 g/mol. The summed E-state index contributed by atoms with van der Waals surface area (Å²) in [5, 5.41) is 14.3. The molecular weight excluding hydrogens is 362 g/mol. The highest BCUT2D eigenvalue weighted by molar-refractivity contribution is 5.91. The van der Waals surface area contributed by atoms with Crippen molar-refractivity contribution >= 4 is 17.3 Å². The Morgan fingerprint density at radius 3 is 2.70 bits per heavy atom. The van der Waals surface area contributed by atoms with Crippen LogP contribution in [-0.2, 0) is 9.47 Å². The smallest absolute Gasteiger partial charge is 0.337 e. The Hall–Kier alpha value is -3.07. The highest BCUT2D eigenvalue weighted by Crippen LogP contribution is 2.35. The number of halogens is 2. The summed E-state index contributed by atoms with van der Waals surface area (Å²) in [5.74, 6) is -2.60. The lowest BCUT2D eigenvalue weighted by Crippen LogP contribution is -2.24. The summed E-state index contributed by atoms with van der Waals surface area (Å²) >= 11 is 0. The van der Waals surface area contributed by atoms with Crippen molar-refractivity contribution in [2.45, 2.75) is 18.6 Å². The molecule has 2 aromatic rings. The third-order valence-electron chi connectivity index (χ3n) is 4.32. The molecule has 2 unspecified atom stereocenters. The quantitative estimate of drug-likeness (QED) is 0.486. The molecule has 0 spiro atoms. The maximum Gasteiger partial charge on any atom is 0.337 e. The Morgan fingerprint density at radius 1 is 1.26 bits per heavy atom. The molecule has 3 rings (SSSR count). The van der Waals surface area contributed by atoms with Gasteiger partial charge in [0, 0.05) is 12.7 Å². The molecule has 142 valence electrons. The number of hydrogen-bond acceptors (Lipinski definition) is 6. The van der Waals surface area contributed by atoms with Crippen LogP contribution in [0.1, 0.15) is 28.4 Å². The minimum absolute atomic E-state index is 0.117. The molecule has 0 aliphatic carbocycles. The lowest BCUT2D eigenvalue weighted by atomic mass is 10.0. The van der Waals surface area contributed by atoms with Crippen molar-refractivity contribution in [3.05, 3.63) is 69.3 Å². The number of nitrogens with zero attached hydrogens (tertiary/aromatic N) is 1. The summed E-state index contributed by atoms with van der Waals surface area (Å²) in [6.07, 6.45) is -0.134. The van der Waals surface area contributed by atoms with E-state index < -0.39 is 34.7 Å². The van der Waals surface area contributed by atoms with Crippen molar-refractivity contribution in [3.63, 3.8) is 0 Å². The van der Waals surface area contributed by atoms with Gasteiger partial charge in [-0.3, -0.25) is 10.1 Å². The minimum atomic E-state index is -1.000. The molecule has 1 aliphatic rings. The van der Waals surface area contributed by atoms with Gasteiger partial charge in [0.05, 0.1) is 23.6 Å². The van der Waals surface area contributed by atoms with Crippen LogP contribution in [-0.4, -0.2) is 30.7 Å². The Balaban J connectivity index is 1.91. The number of benzene rings is 2. The number of esters is 1. The van der Waals surface area contributed by atoms with E-state index in [2.05, 4.69) is 10.1 Å². The van der Waals surface area contributed by atoms with Gasteiger partial charge in [0.15, 0.2) is 11.6 Å². The maximum absolute atomic E-state index is 13.5. The van der Waals surface area contributed by atoms with E-state index in [-0.39, 0.29) is 16.9 Å². The molecule has 0 aromatic heterocycles. The van der Waals surface area contributed by atoms with E-state index in [9.17, 15) is 23.7 Å². The van der Waals surface area contributed by atoms with Crippen molar-refractivity contribution < 1.29 is 28.0 Å². The summed E-state index contributed by atoms with van der Waals surface area (Å²) in [6, 6.07) is 6.85. The first kappa shape index (κ1) is 18.7. The molecule has 1 fully saturated rings. The average Bonchev–Trinajstić information content (AvgIpc) is 3.11. The van der Waals surface area contributed by atoms with Crippen LogP contribution in [0.3, 0.4) is 0 Å². The second-order valence-corrected chi connectivity index (χ2v) is 5.99. The Kier molecular flexibility index (Phi) is 5.31. The Morgan fingerprint density at radius 2 is 2.04 bits per heavy atom. The highest BCUT2D eigenvalue weighted by atomic mass is 19.2. The maximum atomic E-state index is 13.5. The van der Waals surface area contributed by atoms with Crippen molar-refractivity contribution in [1.29, 1.82) is 0 Å². The number of hydrogen-bond donors (Lipinski definition) is 1. The van der Waals surface area contributed by atoms with Gasteiger partial charge in [-0.25, -0.2) is 13.6 Å². The number of nitrogens with one attached hydrogen (secondary N) is 1. The fraction of sp³-hybridized carbons (Fsp3) is 0.278. The van der Waals surface area contributed by atoms with Crippen LogP contribution in [0, 0.1) is 21.7 Å². The van der Waals surface area contributed by atoms with Crippen LogP contribution in [0.4, 0.5) is 20.2 Å². The number of carbonyl (C=O) groups is 1. The highest BCUT2D eigenvalue weighted by Gasteiger charge is 2.32. The van der Waals surface area contributed by atoms with E-state index in [1.165, 1.54) is 31.4 Å². The SMILES string of the molecule is COC(=O)c1ccc([N+](=O)[O-])c(NC2CCOC2c2ccc(F)c(F)c2)c1. The predicted molar refractivity (Wildman–Crippen MR) is 91.5 cm³/mol. The summed E-state index contributed by atoms with van der Waals surface area (Å²) in [5.41, 5.74) is 0.453. The summed E-state index contributed by atoms with van der Waals surface area (Å²) in [4.78, 5) is 22.4. The predicted octanol–water partition coefficient (Wildman–Crippen LogP) is 3.60. The topological polar surface area (TPSA) is 90.7 Å². The van der Waals surface area contributed by atoms with Gasteiger partial charge < -0.3 is 14.8 Å². The van der Waals surface area contributed by atoms with Gasteiger partial charge in [0.2, 0.25) is 0 Å². The van der Waals surface area contributed by atoms with Crippen LogP contribution >= 0.6 is 0 Å². The van der Waals surface area contributed by atoms with E-state index in [0.29, 0.717) is 18.6 Å². The second kappa shape index (κ2) is 7.67. The molecule has 1 N–H and O–H groups in total. The lowest BCUT2D eigenvalue weighted by Gasteiger charge is -2.21. The van der Waals surface area contributed by atoms with Crippen LogP contribution in [0.15, 0.2) is 36.4 Å². The van der Waals surface area contributed by atoms with E-state index >= 15 is 0 Å². The minimum Gasteiger partial charge on any atom is -0.465 e. The largest absolute Gasteiger partial charge is 0.465 e. The van der Waals surface area contributed by atoms with Crippen LogP contribution < -0.4 is 5.32 Å². The van der Waals surface area contributed by atoms with Crippen LogP contribution in [0.25, 0.3) is 0 Å². The van der Waals surface area contributed by atoms with Gasteiger partial charge in [0.1, 0.15) is 11.8 Å². The van der Waals surface area contributed by atoms with Gasteiger partial charge in [0.25, 0.3) is 5.69 Å². The zero-order valence-corrected chi connectivity index (χ0v) is 14.3. The second-order valence-electron chi connectivity index (χ2n) is 5.99. The van der Waals surface area contributed by atoms with Crippen LogP contribution in [0.5, 0.6) is 0 Å². The molecule has 0 bridgehead atoms. The molecule has 1 aliphatic heterocycles. The van der Waals surface area contributed by atoms with Crippen molar-refractivity contribution in [2.24, 2.45) is 0 Å². The van der Waals surface area contributed by atoms with Crippen molar-refractivity contribution in [2.75, 3.05) is 19.0 Å². The Labute approximate surface area is 153 Å². The Bertz CT molecular complexity index is 890. The van der Waals surface area contributed by atoms with E-state index in [4.69, 9.17) is 4.74 Å². The number of ether oxygens (including phenoxy) is 2. The molecule has 0 amide bonds. The molecule has 2 atom stereocenters.